The zero-order valence-electron chi connectivity index (χ0n) is 13.2. The van der Waals surface area contributed by atoms with Gasteiger partial charge in [0, 0.05) is 32.4 Å². The van der Waals surface area contributed by atoms with Gasteiger partial charge in [-0.25, -0.2) is 4.98 Å². The first kappa shape index (κ1) is 17.2. The SMILES string of the molecule is C=CCN1C[C@@]2(C(=O)O)CN(c3ncccc3C(F)(F)F)C[C@H]2C1=O. The van der Waals surface area contributed by atoms with E-state index in [4.69, 9.17) is 0 Å². The van der Waals surface area contributed by atoms with Crippen LogP contribution in [0, 0.1) is 11.3 Å². The molecular formula is C16H16F3N3O3. The Bertz CT molecular complexity index is 737. The molecular weight excluding hydrogens is 339 g/mol. The number of aliphatic carboxylic acids is 1. The van der Waals surface area contributed by atoms with Crippen LogP contribution in [0.4, 0.5) is 19.0 Å². The fraction of sp³-hybridized carbons (Fsp3) is 0.438. The summed E-state index contributed by atoms with van der Waals surface area (Å²) < 4.78 is 39.6. The number of rotatable bonds is 4. The molecule has 1 N–H and O–H groups in total. The van der Waals surface area contributed by atoms with Gasteiger partial charge in [0.15, 0.2) is 0 Å². The molecule has 2 aliphatic heterocycles. The minimum Gasteiger partial charge on any atom is -0.481 e. The largest absolute Gasteiger partial charge is 0.481 e. The topological polar surface area (TPSA) is 73.7 Å². The van der Waals surface area contributed by atoms with Gasteiger partial charge in [0.25, 0.3) is 0 Å². The van der Waals surface area contributed by atoms with Crippen molar-refractivity contribution >= 4 is 17.7 Å². The Labute approximate surface area is 141 Å². The van der Waals surface area contributed by atoms with Gasteiger partial charge in [-0.2, -0.15) is 13.2 Å². The Hall–Kier alpha value is -2.58. The average molecular weight is 355 g/mol. The van der Waals surface area contributed by atoms with Crippen LogP contribution >= 0.6 is 0 Å². The molecule has 3 heterocycles. The van der Waals surface area contributed by atoms with Gasteiger partial charge in [-0.05, 0) is 12.1 Å². The number of likely N-dealkylation sites (tertiary alicyclic amines) is 1. The summed E-state index contributed by atoms with van der Waals surface area (Å²) >= 11 is 0. The van der Waals surface area contributed by atoms with E-state index >= 15 is 0 Å². The number of pyridine rings is 1. The number of carbonyl (C=O) groups excluding carboxylic acids is 1. The number of amides is 1. The zero-order valence-corrected chi connectivity index (χ0v) is 13.2. The van der Waals surface area contributed by atoms with Crippen LogP contribution in [0.3, 0.4) is 0 Å². The highest BCUT2D eigenvalue weighted by Crippen LogP contribution is 2.46. The molecule has 25 heavy (non-hydrogen) atoms. The summed E-state index contributed by atoms with van der Waals surface area (Å²) in [6.45, 7) is 3.38. The van der Waals surface area contributed by atoms with Crippen molar-refractivity contribution in [2.24, 2.45) is 11.3 Å². The van der Waals surface area contributed by atoms with Crippen LogP contribution in [0.2, 0.25) is 0 Å². The lowest BCUT2D eigenvalue weighted by Crippen LogP contribution is -2.41. The van der Waals surface area contributed by atoms with Crippen LogP contribution in [0.15, 0.2) is 31.0 Å². The lowest BCUT2D eigenvalue weighted by Gasteiger charge is -2.26. The number of aromatic nitrogens is 1. The Balaban J connectivity index is 1.97. The average Bonchev–Trinajstić information content (AvgIpc) is 3.04. The predicted octanol–water partition coefficient (Wildman–Crippen LogP) is 1.64. The van der Waals surface area contributed by atoms with E-state index in [1.54, 1.807) is 0 Å². The second-order valence-electron chi connectivity index (χ2n) is 6.27. The highest BCUT2D eigenvalue weighted by molar-refractivity contribution is 5.93. The first-order valence-electron chi connectivity index (χ1n) is 7.61. The van der Waals surface area contributed by atoms with Crippen molar-refractivity contribution in [1.82, 2.24) is 9.88 Å². The van der Waals surface area contributed by atoms with E-state index in [2.05, 4.69) is 11.6 Å². The van der Waals surface area contributed by atoms with Crippen molar-refractivity contribution < 1.29 is 27.9 Å². The highest BCUT2D eigenvalue weighted by atomic mass is 19.4. The van der Waals surface area contributed by atoms with Gasteiger partial charge in [0.05, 0.1) is 11.5 Å². The lowest BCUT2D eigenvalue weighted by atomic mass is 9.81. The summed E-state index contributed by atoms with van der Waals surface area (Å²) in [5.41, 5.74) is -2.38. The third kappa shape index (κ3) is 2.63. The molecule has 0 radical (unpaired) electrons. The van der Waals surface area contributed by atoms with Gasteiger partial charge in [0.1, 0.15) is 11.2 Å². The van der Waals surface area contributed by atoms with Gasteiger partial charge in [-0.3, -0.25) is 9.59 Å². The summed E-state index contributed by atoms with van der Waals surface area (Å²) in [6, 6.07) is 2.07. The van der Waals surface area contributed by atoms with Gasteiger partial charge < -0.3 is 14.9 Å². The first-order valence-corrected chi connectivity index (χ1v) is 7.61. The van der Waals surface area contributed by atoms with E-state index < -0.39 is 29.0 Å². The molecule has 1 aromatic heterocycles. The molecule has 3 rings (SSSR count). The monoisotopic (exact) mass is 355 g/mol. The maximum absolute atomic E-state index is 13.2. The molecule has 0 spiro atoms. The molecule has 134 valence electrons. The van der Waals surface area contributed by atoms with E-state index in [9.17, 15) is 27.9 Å². The number of hydrogen-bond donors (Lipinski definition) is 1. The number of halogens is 3. The molecule has 0 aromatic carbocycles. The van der Waals surface area contributed by atoms with Crippen LogP contribution in [0.5, 0.6) is 0 Å². The van der Waals surface area contributed by atoms with Crippen LogP contribution in [-0.4, -0.2) is 53.0 Å². The Morgan fingerprint density at radius 3 is 2.76 bits per heavy atom. The summed E-state index contributed by atoms with van der Waals surface area (Å²) in [6.07, 6.45) is -1.90. The molecule has 0 bridgehead atoms. The van der Waals surface area contributed by atoms with E-state index in [1.807, 2.05) is 0 Å². The van der Waals surface area contributed by atoms with Crippen molar-refractivity contribution in [2.75, 3.05) is 31.1 Å². The van der Waals surface area contributed by atoms with E-state index in [0.717, 1.165) is 6.07 Å². The Kier molecular flexibility index (Phi) is 3.97. The third-order valence-electron chi connectivity index (χ3n) is 4.79. The number of hydrogen-bond acceptors (Lipinski definition) is 4. The molecule has 9 heteroatoms. The van der Waals surface area contributed by atoms with Crippen LogP contribution in [-0.2, 0) is 15.8 Å². The molecule has 6 nitrogen and oxygen atoms in total. The second-order valence-corrected chi connectivity index (χ2v) is 6.27. The highest BCUT2D eigenvalue weighted by Gasteiger charge is 2.62. The number of fused-ring (bicyclic) bond motifs is 1. The summed E-state index contributed by atoms with van der Waals surface area (Å²) in [5.74, 6) is -2.82. The summed E-state index contributed by atoms with van der Waals surface area (Å²) in [4.78, 5) is 30.8. The molecule has 0 unspecified atom stereocenters. The molecule has 2 saturated heterocycles. The normalized spacial score (nSPS) is 26.0. The number of nitrogens with zero attached hydrogens (tertiary/aromatic N) is 3. The van der Waals surface area contributed by atoms with Crippen molar-refractivity contribution in [3.8, 4) is 0 Å². The minimum absolute atomic E-state index is 0.0530. The van der Waals surface area contributed by atoms with E-state index in [-0.39, 0.29) is 37.9 Å². The molecule has 2 fully saturated rings. The molecule has 0 saturated carbocycles. The Morgan fingerprint density at radius 1 is 1.48 bits per heavy atom. The van der Waals surface area contributed by atoms with Crippen LogP contribution < -0.4 is 4.90 Å². The maximum Gasteiger partial charge on any atom is 0.419 e. The zero-order chi connectivity index (χ0) is 18.4. The quantitative estimate of drug-likeness (QED) is 0.831. The number of carboxylic acids is 1. The van der Waals surface area contributed by atoms with Crippen LogP contribution in [0.25, 0.3) is 0 Å². The number of anilines is 1. The summed E-state index contributed by atoms with van der Waals surface area (Å²) in [7, 11) is 0. The van der Waals surface area contributed by atoms with Gasteiger partial charge in [-0.1, -0.05) is 6.08 Å². The van der Waals surface area contributed by atoms with Gasteiger partial charge in [0.2, 0.25) is 5.91 Å². The second kappa shape index (κ2) is 5.75. The fourth-order valence-electron chi connectivity index (χ4n) is 3.65. The molecule has 0 aliphatic carbocycles. The minimum atomic E-state index is -4.61. The molecule has 1 amide bonds. The molecule has 2 aliphatic rings. The van der Waals surface area contributed by atoms with Crippen molar-refractivity contribution in [3.05, 3.63) is 36.5 Å². The van der Waals surface area contributed by atoms with Crippen LogP contribution in [0.1, 0.15) is 5.56 Å². The predicted molar refractivity (Wildman–Crippen MR) is 81.8 cm³/mol. The van der Waals surface area contributed by atoms with E-state index in [0.29, 0.717) is 0 Å². The lowest BCUT2D eigenvalue weighted by molar-refractivity contribution is -0.149. The van der Waals surface area contributed by atoms with Gasteiger partial charge >= 0.3 is 12.1 Å². The first-order chi connectivity index (χ1) is 11.7. The maximum atomic E-state index is 13.2. The van der Waals surface area contributed by atoms with E-state index in [1.165, 1.54) is 28.1 Å². The van der Waals surface area contributed by atoms with Crippen molar-refractivity contribution in [3.63, 3.8) is 0 Å². The Morgan fingerprint density at radius 2 is 2.20 bits per heavy atom. The third-order valence-corrected chi connectivity index (χ3v) is 4.79. The molecule has 2 atom stereocenters. The van der Waals surface area contributed by atoms with Crippen molar-refractivity contribution in [1.29, 1.82) is 0 Å². The smallest absolute Gasteiger partial charge is 0.419 e. The standard InChI is InChI=1S/C16H16F3N3O3/c1-2-6-21-8-15(14(24)25)9-22(7-11(15)13(21)23)12-10(16(17,18)19)4-3-5-20-12/h2-5,11H,1,6-9H2,(H,24,25)/t11-,15+/m0/s1. The summed E-state index contributed by atoms with van der Waals surface area (Å²) in [5, 5.41) is 9.70. The number of carbonyl (C=O) groups is 2. The fourth-order valence-corrected chi connectivity index (χ4v) is 3.65. The molecule has 1 aromatic rings. The number of carboxylic acid groups (broad SMARTS) is 1. The van der Waals surface area contributed by atoms with Gasteiger partial charge in [-0.15, -0.1) is 6.58 Å². The number of alkyl halides is 3. The van der Waals surface area contributed by atoms with Crippen molar-refractivity contribution in [2.45, 2.75) is 6.18 Å².